The van der Waals surface area contributed by atoms with Gasteiger partial charge in [0.05, 0.1) is 5.69 Å². The fourth-order valence-corrected chi connectivity index (χ4v) is 1.79. The van der Waals surface area contributed by atoms with Crippen molar-refractivity contribution >= 4 is 11.9 Å². The van der Waals surface area contributed by atoms with E-state index in [2.05, 4.69) is 4.98 Å². The Morgan fingerprint density at radius 3 is 2.27 bits per heavy atom. The Hall–Kier alpha value is -1.91. The van der Waals surface area contributed by atoms with Crippen molar-refractivity contribution in [3.63, 3.8) is 0 Å². The Kier molecular flexibility index (Phi) is 7.02. The van der Waals surface area contributed by atoms with Crippen molar-refractivity contribution in [2.45, 2.75) is 54.1 Å². The quantitative estimate of drug-likeness (QED) is 0.722. The van der Waals surface area contributed by atoms with Gasteiger partial charge >= 0.3 is 11.9 Å². The van der Waals surface area contributed by atoms with Crippen molar-refractivity contribution < 1.29 is 19.1 Å². The average molecular weight is 307 g/mol. The number of hydrogen-bond donors (Lipinski definition) is 0. The summed E-state index contributed by atoms with van der Waals surface area (Å²) in [5.74, 6) is 0.392. The van der Waals surface area contributed by atoms with Gasteiger partial charge in [-0.3, -0.25) is 14.6 Å². The highest BCUT2D eigenvalue weighted by molar-refractivity contribution is 5.73. The fraction of sp³-hybridized carbons (Fsp3) is 0.588. The van der Waals surface area contributed by atoms with Crippen molar-refractivity contribution in [2.75, 3.05) is 0 Å². The number of rotatable bonds is 7. The summed E-state index contributed by atoms with van der Waals surface area (Å²) in [6.07, 6.45) is 2.36. The lowest BCUT2D eigenvalue weighted by Gasteiger charge is -2.11. The third-order valence-corrected chi connectivity index (χ3v) is 2.87. The van der Waals surface area contributed by atoms with Gasteiger partial charge in [-0.05, 0) is 24.8 Å². The van der Waals surface area contributed by atoms with E-state index in [1.165, 1.54) is 0 Å². The molecule has 0 spiro atoms. The third-order valence-electron chi connectivity index (χ3n) is 2.87. The van der Waals surface area contributed by atoms with E-state index in [0.29, 0.717) is 29.8 Å². The number of aryl methyl sites for hydroxylation is 1. The molecule has 0 aliphatic heterocycles. The zero-order valence-corrected chi connectivity index (χ0v) is 14.0. The van der Waals surface area contributed by atoms with Crippen molar-refractivity contribution in [1.82, 2.24) is 4.98 Å². The molecular weight excluding hydrogens is 282 g/mol. The predicted octanol–water partition coefficient (Wildman–Crippen LogP) is 3.43. The number of nitrogens with zero attached hydrogens (tertiary/aromatic N) is 1. The first-order valence-electron chi connectivity index (χ1n) is 7.59. The average Bonchev–Trinajstić information content (AvgIpc) is 2.38. The van der Waals surface area contributed by atoms with E-state index < -0.39 is 0 Å². The fourth-order valence-electron chi connectivity index (χ4n) is 1.79. The first-order valence-corrected chi connectivity index (χ1v) is 7.59. The summed E-state index contributed by atoms with van der Waals surface area (Å²) < 4.78 is 10.5. The lowest BCUT2D eigenvalue weighted by atomic mass is 10.1. The van der Waals surface area contributed by atoms with E-state index in [4.69, 9.17) is 9.47 Å². The molecule has 122 valence electrons. The molecule has 1 aromatic heterocycles. The van der Waals surface area contributed by atoms with Gasteiger partial charge in [-0.25, -0.2) is 0 Å². The summed E-state index contributed by atoms with van der Waals surface area (Å²) in [5, 5.41) is 0. The molecule has 1 heterocycles. The van der Waals surface area contributed by atoms with Gasteiger partial charge in [-0.15, -0.1) is 0 Å². The van der Waals surface area contributed by atoms with Crippen LogP contribution in [0.25, 0.3) is 0 Å². The molecule has 0 atom stereocenters. The van der Waals surface area contributed by atoms with Gasteiger partial charge in [0.1, 0.15) is 6.61 Å². The van der Waals surface area contributed by atoms with Gasteiger partial charge in [-0.1, -0.05) is 27.7 Å². The number of carbonyl (C=O) groups excluding carboxylic acids is 2. The van der Waals surface area contributed by atoms with Gasteiger partial charge in [0.15, 0.2) is 5.75 Å². The summed E-state index contributed by atoms with van der Waals surface area (Å²) in [5.41, 5.74) is 1.34. The second-order valence-electron chi connectivity index (χ2n) is 6.26. The van der Waals surface area contributed by atoms with E-state index in [1.807, 2.05) is 27.7 Å². The molecule has 0 saturated carbocycles. The van der Waals surface area contributed by atoms with Gasteiger partial charge in [0.25, 0.3) is 0 Å². The number of pyridine rings is 1. The molecule has 22 heavy (non-hydrogen) atoms. The topological polar surface area (TPSA) is 65.5 Å². The predicted molar refractivity (Wildman–Crippen MR) is 83.3 cm³/mol. The minimum atomic E-state index is -0.283. The zero-order chi connectivity index (χ0) is 16.7. The summed E-state index contributed by atoms with van der Waals surface area (Å²) >= 11 is 0. The van der Waals surface area contributed by atoms with E-state index >= 15 is 0 Å². The lowest BCUT2D eigenvalue weighted by Crippen LogP contribution is -2.12. The van der Waals surface area contributed by atoms with Crippen LogP contribution in [0, 0.1) is 18.8 Å². The Morgan fingerprint density at radius 1 is 1.09 bits per heavy atom. The Labute approximate surface area is 132 Å². The van der Waals surface area contributed by atoms with E-state index in [-0.39, 0.29) is 30.4 Å². The first kappa shape index (κ1) is 18.1. The van der Waals surface area contributed by atoms with Crippen molar-refractivity contribution in [3.05, 3.63) is 23.5 Å². The highest BCUT2D eigenvalue weighted by Gasteiger charge is 2.12. The summed E-state index contributed by atoms with van der Waals surface area (Å²) in [6.45, 7) is 9.73. The van der Waals surface area contributed by atoms with Gasteiger partial charge in [0, 0.05) is 24.6 Å². The Morgan fingerprint density at radius 2 is 1.68 bits per heavy atom. The van der Waals surface area contributed by atoms with Crippen LogP contribution in [0.3, 0.4) is 0 Å². The van der Waals surface area contributed by atoms with Crippen LogP contribution < -0.4 is 4.74 Å². The zero-order valence-electron chi connectivity index (χ0n) is 14.0. The minimum Gasteiger partial charge on any atom is -0.461 e. The third kappa shape index (κ3) is 6.70. The molecule has 5 heteroatoms. The number of esters is 2. The molecule has 0 aliphatic carbocycles. The minimum absolute atomic E-state index is 0.133. The van der Waals surface area contributed by atoms with Crippen LogP contribution in [-0.4, -0.2) is 16.9 Å². The van der Waals surface area contributed by atoms with Crippen LogP contribution in [0.2, 0.25) is 0 Å². The van der Waals surface area contributed by atoms with Gasteiger partial charge < -0.3 is 9.47 Å². The molecule has 0 bridgehead atoms. The molecule has 0 radical (unpaired) electrons. The largest absolute Gasteiger partial charge is 0.461 e. The van der Waals surface area contributed by atoms with E-state index in [1.54, 1.807) is 19.2 Å². The molecule has 0 aromatic carbocycles. The standard InChI is InChI=1S/C17H25NO4/c1-11(2)6-16(19)21-10-14-8-15(13(5)18-9-14)22-17(20)7-12(3)4/h8-9,11-12H,6-7,10H2,1-5H3. The number of hydrogen-bond acceptors (Lipinski definition) is 5. The van der Waals surface area contributed by atoms with Crippen LogP contribution in [0.15, 0.2) is 12.3 Å². The number of carbonyl (C=O) groups is 2. The SMILES string of the molecule is Cc1ncc(COC(=O)CC(C)C)cc1OC(=O)CC(C)C. The van der Waals surface area contributed by atoms with E-state index in [9.17, 15) is 9.59 Å². The summed E-state index contributed by atoms with van der Waals surface area (Å²) in [7, 11) is 0. The molecule has 0 unspecified atom stereocenters. The molecule has 5 nitrogen and oxygen atoms in total. The highest BCUT2D eigenvalue weighted by Crippen LogP contribution is 2.19. The van der Waals surface area contributed by atoms with Crippen molar-refractivity contribution in [3.8, 4) is 5.75 Å². The van der Waals surface area contributed by atoms with Crippen LogP contribution in [0.4, 0.5) is 0 Å². The molecule has 0 fully saturated rings. The lowest BCUT2D eigenvalue weighted by molar-refractivity contribution is -0.145. The van der Waals surface area contributed by atoms with Gasteiger partial charge in [0.2, 0.25) is 0 Å². The maximum atomic E-state index is 11.7. The maximum absolute atomic E-state index is 11.7. The monoisotopic (exact) mass is 307 g/mol. The smallest absolute Gasteiger partial charge is 0.311 e. The summed E-state index contributed by atoms with van der Waals surface area (Å²) in [4.78, 5) is 27.5. The summed E-state index contributed by atoms with van der Waals surface area (Å²) in [6, 6.07) is 1.70. The molecule has 0 aliphatic rings. The maximum Gasteiger partial charge on any atom is 0.311 e. The van der Waals surface area contributed by atoms with Crippen LogP contribution in [0.1, 0.15) is 51.8 Å². The normalized spacial score (nSPS) is 10.9. The van der Waals surface area contributed by atoms with E-state index in [0.717, 1.165) is 0 Å². The van der Waals surface area contributed by atoms with Crippen LogP contribution in [-0.2, 0) is 20.9 Å². The molecule has 1 rings (SSSR count). The molecule has 1 aromatic rings. The highest BCUT2D eigenvalue weighted by atomic mass is 16.5. The second-order valence-corrected chi connectivity index (χ2v) is 6.26. The van der Waals surface area contributed by atoms with Gasteiger partial charge in [-0.2, -0.15) is 0 Å². The molecule has 0 N–H and O–H groups in total. The van der Waals surface area contributed by atoms with Crippen LogP contribution in [0.5, 0.6) is 5.75 Å². The first-order chi connectivity index (χ1) is 10.3. The number of ether oxygens (including phenoxy) is 2. The molecule has 0 amide bonds. The molecule has 0 saturated heterocycles. The van der Waals surface area contributed by atoms with Crippen molar-refractivity contribution in [2.24, 2.45) is 11.8 Å². The Balaban J connectivity index is 2.65. The van der Waals surface area contributed by atoms with Crippen LogP contribution >= 0.6 is 0 Å². The molecular formula is C17H25NO4. The van der Waals surface area contributed by atoms with Crippen molar-refractivity contribution in [1.29, 1.82) is 0 Å². The number of aromatic nitrogens is 1. The second kappa shape index (κ2) is 8.51. The Bertz CT molecular complexity index is 523.